The second-order valence-electron chi connectivity index (χ2n) is 5.97. The Morgan fingerprint density at radius 2 is 1.80 bits per heavy atom. The number of carbonyl (C=O) groups excluding carboxylic acids is 1. The van der Waals surface area contributed by atoms with Crippen molar-refractivity contribution in [1.82, 2.24) is 4.72 Å². The minimum atomic E-state index is -3.92. The van der Waals surface area contributed by atoms with Crippen molar-refractivity contribution in [2.45, 2.75) is 31.6 Å². The lowest BCUT2D eigenvalue weighted by Gasteiger charge is -2.15. The van der Waals surface area contributed by atoms with Crippen molar-refractivity contribution in [3.8, 4) is 5.75 Å². The Balaban J connectivity index is 2.06. The summed E-state index contributed by atoms with van der Waals surface area (Å²) >= 11 is 3.24. The lowest BCUT2D eigenvalue weighted by Crippen LogP contribution is -2.34. The Morgan fingerprint density at radius 1 is 1.16 bits per heavy atom. The maximum Gasteiger partial charge on any atom is 0.271 e. The molecule has 1 amide bonds. The fourth-order valence-electron chi connectivity index (χ4n) is 2.24. The molecule has 0 fully saturated rings. The number of rotatable bonds is 6. The van der Waals surface area contributed by atoms with Crippen molar-refractivity contribution in [3.63, 3.8) is 0 Å². The van der Waals surface area contributed by atoms with Crippen LogP contribution in [0.2, 0.25) is 0 Å². The summed E-state index contributed by atoms with van der Waals surface area (Å²) in [5.74, 6) is 0.0930. The fraction of sp³-hybridized carbons (Fsp3) is 0.278. The van der Waals surface area contributed by atoms with Gasteiger partial charge in [0.25, 0.3) is 15.9 Å². The lowest BCUT2D eigenvalue weighted by atomic mass is 10.0. The molecule has 7 heteroatoms. The van der Waals surface area contributed by atoms with Gasteiger partial charge in [-0.15, -0.1) is 0 Å². The van der Waals surface area contributed by atoms with Gasteiger partial charge in [-0.1, -0.05) is 41.9 Å². The van der Waals surface area contributed by atoms with Gasteiger partial charge in [0, 0.05) is 4.47 Å². The van der Waals surface area contributed by atoms with Crippen LogP contribution in [0.3, 0.4) is 0 Å². The van der Waals surface area contributed by atoms with Crippen LogP contribution in [0.25, 0.3) is 0 Å². The van der Waals surface area contributed by atoms with E-state index in [9.17, 15) is 13.2 Å². The summed E-state index contributed by atoms with van der Waals surface area (Å²) in [6.45, 7) is 5.60. The van der Waals surface area contributed by atoms with E-state index in [-0.39, 0.29) is 17.4 Å². The summed E-state index contributed by atoms with van der Waals surface area (Å²) in [6.07, 6.45) is 0. The van der Waals surface area contributed by atoms with Gasteiger partial charge in [-0.05, 0) is 54.3 Å². The van der Waals surface area contributed by atoms with Crippen LogP contribution in [-0.2, 0) is 14.8 Å². The molecule has 0 unspecified atom stereocenters. The molecule has 0 heterocycles. The van der Waals surface area contributed by atoms with Gasteiger partial charge in [0.15, 0.2) is 6.61 Å². The molecule has 2 aromatic rings. The first-order chi connectivity index (χ1) is 11.7. The van der Waals surface area contributed by atoms with Gasteiger partial charge >= 0.3 is 0 Å². The third-order valence-electron chi connectivity index (χ3n) is 3.52. The SMILES string of the molecule is Cc1ccc(C(C)C)c(OCC(=O)NS(=O)(=O)c2ccc(Br)cc2)c1. The van der Waals surface area contributed by atoms with Gasteiger partial charge in [0.2, 0.25) is 0 Å². The molecule has 0 bridgehead atoms. The van der Waals surface area contributed by atoms with Gasteiger partial charge < -0.3 is 4.74 Å². The van der Waals surface area contributed by atoms with Crippen LogP contribution in [0.1, 0.15) is 30.9 Å². The minimum absolute atomic E-state index is 0.0162. The Hall–Kier alpha value is -1.86. The Kier molecular flexibility index (Phi) is 6.24. The predicted octanol–water partition coefficient (Wildman–Crippen LogP) is 3.76. The normalized spacial score (nSPS) is 11.4. The number of amides is 1. The predicted molar refractivity (Wildman–Crippen MR) is 100 cm³/mol. The second-order valence-corrected chi connectivity index (χ2v) is 8.57. The van der Waals surface area contributed by atoms with Gasteiger partial charge in [-0.25, -0.2) is 13.1 Å². The average Bonchev–Trinajstić information content (AvgIpc) is 2.52. The molecule has 0 saturated heterocycles. The Labute approximate surface area is 156 Å². The summed E-state index contributed by atoms with van der Waals surface area (Å²) in [6, 6.07) is 11.8. The minimum Gasteiger partial charge on any atom is -0.483 e. The standard InChI is InChI=1S/C18H20BrNO4S/c1-12(2)16-9-4-13(3)10-17(16)24-11-18(21)20-25(22,23)15-7-5-14(19)6-8-15/h4-10,12H,11H2,1-3H3,(H,20,21). The number of sulfonamides is 1. The number of nitrogens with one attached hydrogen (secondary N) is 1. The second kappa shape index (κ2) is 8.01. The van der Waals surface area contributed by atoms with Crippen LogP contribution in [-0.4, -0.2) is 20.9 Å². The summed E-state index contributed by atoms with van der Waals surface area (Å²) in [7, 11) is -3.92. The molecule has 0 aliphatic carbocycles. The van der Waals surface area contributed by atoms with Gasteiger partial charge in [-0.2, -0.15) is 0 Å². The fourth-order valence-corrected chi connectivity index (χ4v) is 3.47. The van der Waals surface area contributed by atoms with Crippen LogP contribution < -0.4 is 9.46 Å². The molecule has 0 spiro atoms. The zero-order chi connectivity index (χ0) is 18.6. The smallest absolute Gasteiger partial charge is 0.271 e. The van der Waals surface area contributed by atoms with E-state index in [1.807, 2.05) is 43.7 Å². The molecule has 1 N–H and O–H groups in total. The average molecular weight is 426 g/mol. The van der Waals surface area contributed by atoms with Gasteiger partial charge in [-0.3, -0.25) is 4.79 Å². The van der Waals surface area contributed by atoms with Crippen molar-refractivity contribution in [3.05, 3.63) is 58.1 Å². The quantitative estimate of drug-likeness (QED) is 0.764. The van der Waals surface area contributed by atoms with Crippen molar-refractivity contribution in [2.24, 2.45) is 0 Å². The molecule has 0 aliphatic rings. The number of ether oxygens (including phenoxy) is 1. The zero-order valence-corrected chi connectivity index (χ0v) is 16.6. The Bertz CT molecular complexity index is 861. The third kappa shape index (κ3) is 5.31. The number of hydrogen-bond donors (Lipinski definition) is 1. The topological polar surface area (TPSA) is 72.5 Å². The van der Waals surface area contributed by atoms with Crippen molar-refractivity contribution >= 4 is 31.9 Å². The molecule has 0 saturated carbocycles. The highest BCUT2D eigenvalue weighted by Gasteiger charge is 2.18. The van der Waals surface area contributed by atoms with Crippen molar-refractivity contribution in [2.75, 3.05) is 6.61 Å². The third-order valence-corrected chi connectivity index (χ3v) is 5.44. The first-order valence-corrected chi connectivity index (χ1v) is 10.0. The number of carbonyl (C=O) groups is 1. The number of aryl methyl sites for hydroxylation is 1. The van der Waals surface area contributed by atoms with E-state index < -0.39 is 15.9 Å². The summed E-state index contributed by atoms with van der Waals surface area (Å²) in [4.78, 5) is 12.0. The highest BCUT2D eigenvalue weighted by molar-refractivity contribution is 9.10. The van der Waals surface area contributed by atoms with E-state index in [0.29, 0.717) is 5.75 Å². The van der Waals surface area contributed by atoms with E-state index in [1.165, 1.54) is 12.1 Å². The summed E-state index contributed by atoms with van der Waals surface area (Å²) in [5.41, 5.74) is 1.97. The molecule has 0 aromatic heterocycles. The highest BCUT2D eigenvalue weighted by Crippen LogP contribution is 2.27. The molecule has 2 aromatic carbocycles. The molecule has 0 radical (unpaired) electrons. The number of benzene rings is 2. The summed E-state index contributed by atoms with van der Waals surface area (Å²) in [5, 5.41) is 0. The van der Waals surface area contributed by atoms with Gasteiger partial charge in [0.05, 0.1) is 4.90 Å². The number of halogens is 1. The van der Waals surface area contributed by atoms with E-state index in [4.69, 9.17) is 4.74 Å². The molecule has 134 valence electrons. The van der Waals surface area contributed by atoms with Crippen LogP contribution in [0.4, 0.5) is 0 Å². The van der Waals surface area contributed by atoms with Crippen LogP contribution in [0.5, 0.6) is 5.75 Å². The molecule has 2 rings (SSSR count). The monoisotopic (exact) mass is 425 g/mol. The number of hydrogen-bond acceptors (Lipinski definition) is 4. The van der Waals surface area contributed by atoms with Crippen LogP contribution in [0, 0.1) is 6.92 Å². The lowest BCUT2D eigenvalue weighted by molar-refractivity contribution is -0.121. The first kappa shape index (κ1) is 19.5. The molecular formula is C18H20BrNO4S. The molecule has 5 nitrogen and oxygen atoms in total. The largest absolute Gasteiger partial charge is 0.483 e. The van der Waals surface area contributed by atoms with Crippen molar-refractivity contribution < 1.29 is 17.9 Å². The molecule has 0 aliphatic heterocycles. The Morgan fingerprint density at radius 3 is 2.40 bits per heavy atom. The molecule has 0 atom stereocenters. The van der Waals surface area contributed by atoms with E-state index in [0.717, 1.165) is 15.6 Å². The first-order valence-electron chi connectivity index (χ1n) is 7.73. The van der Waals surface area contributed by atoms with E-state index >= 15 is 0 Å². The molecular weight excluding hydrogens is 406 g/mol. The van der Waals surface area contributed by atoms with E-state index in [2.05, 4.69) is 15.9 Å². The van der Waals surface area contributed by atoms with Crippen LogP contribution >= 0.6 is 15.9 Å². The van der Waals surface area contributed by atoms with E-state index in [1.54, 1.807) is 12.1 Å². The van der Waals surface area contributed by atoms with Crippen molar-refractivity contribution in [1.29, 1.82) is 0 Å². The maximum atomic E-state index is 12.2. The zero-order valence-electron chi connectivity index (χ0n) is 14.2. The highest BCUT2D eigenvalue weighted by atomic mass is 79.9. The van der Waals surface area contributed by atoms with Crippen LogP contribution in [0.15, 0.2) is 51.8 Å². The summed E-state index contributed by atoms with van der Waals surface area (Å²) < 4.78 is 32.7. The van der Waals surface area contributed by atoms with Gasteiger partial charge in [0.1, 0.15) is 5.75 Å². The maximum absolute atomic E-state index is 12.2. The molecule has 25 heavy (non-hydrogen) atoms.